The topological polar surface area (TPSA) is 46.2 Å². The van der Waals surface area contributed by atoms with Crippen LogP contribution in [0, 0.1) is 0 Å². The summed E-state index contributed by atoms with van der Waals surface area (Å²) in [6.07, 6.45) is 2.64. The van der Waals surface area contributed by atoms with Crippen LogP contribution < -0.4 is 4.72 Å². The predicted octanol–water partition coefficient (Wildman–Crippen LogP) is 5.43. The zero-order valence-corrected chi connectivity index (χ0v) is 19.9. The molecular formula is C23H31NO2S3. The van der Waals surface area contributed by atoms with Crippen molar-refractivity contribution >= 4 is 33.5 Å². The molecule has 3 rings (SSSR count). The Bertz CT molecular complexity index is 871. The van der Waals surface area contributed by atoms with E-state index in [2.05, 4.69) is 41.1 Å². The largest absolute Gasteiger partial charge is 0.216 e. The van der Waals surface area contributed by atoms with Crippen molar-refractivity contribution in [2.75, 3.05) is 11.5 Å². The lowest BCUT2D eigenvalue weighted by molar-refractivity contribution is 0.492. The highest BCUT2D eigenvalue weighted by atomic mass is 32.2. The number of benzene rings is 2. The van der Waals surface area contributed by atoms with Crippen molar-refractivity contribution in [2.45, 2.75) is 54.9 Å². The van der Waals surface area contributed by atoms with Crippen molar-refractivity contribution in [1.29, 1.82) is 0 Å². The van der Waals surface area contributed by atoms with Gasteiger partial charge in [0.2, 0.25) is 10.0 Å². The first kappa shape index (κ1) is 22.7. The van der Waals surface area contributed by atoms with Gasteiger partial charge in [-0.1, -0.05) is 60.7 Å². The molecule has 0 aromatic heterocycles. The molecule has 0 amide bonds. The minimum atomic E-state index is -3.45. The molecule has 3 nitrogen and oxygen atoms in total. The van der Waals surface area contributed by atoms with Crippen LogP contribution in [0.4, 0.5) is 0 Å². The van der Waals surface area contributed by atoms with Gasteiger partial charge in [-0.15, -0.1) is 23.5 Å². The number of nitrogens with one attached hydrogen (secondary N) is 1. The van der Waals surface area contributed by atoms with Crippen molar-refractivity contribution in [3.05, 3.63) is 71.8 Å². The number of thioether (sulfide) groups is 2. The molecule has 1 aliphatic rings. The third-order valence-electron chi connectivity index (χ3n) is 5.14. The first-order valence-corrected chi connectivity index (χ1v) is 13.6. The van der Waals surface area contributed by atoms with E-state index in [0.717, 1.165) is 23.5 Å². The highest BCUT2D eigenvalue weighted by molar-refractivity contribution is 8.18. The van der Waals surface area contributed by atoms with Gasteiger partial charge in [0.1, 0.15) is 0 Å². The summed E-state index contributed by atoms with van der Waals surface area (Å²) in [6.45, 7) is 5.27. The van der Waals surface area contributed by atoms with Gasteiger partial charge < -0.3 is 0 Å². The van der Waals surface area contributed by atoms with Crippen LogP contribution >= 0.6 is 23.5 Å². The average molecular weight is 450 g/mol. The fourth-order valence-corrected chi connectivity index (χ4v) is 7.90. The lowest BCUT2D eigenvalue weighted by Gasteiger charge is -2.40. The smallest absolute Gasteiger partial charge is 0.212 e. The van der Waals surface area contributed by atoms with Gasteiger partial charge in [0.15, 0.2) is 0 Å². The lowest BCUT2D eigenvalue weighted by atomic mass is 9.99. The molecule has 6 heteroatoms. The van der Waals surface area contributed by atoms with Gasteiger partial charge in [-0.3, -0.25) is 0 Å². The second-order valence-corrected chi connectivity index (χ2v) is 14.0. The van der Waals surface area contributed by atoms with Gasteiger partial charge in [-0.05, 0) is 62.7 Å². The quantitative estimate of drug-likeness (QED) is 0.612. The fourth-order valence-electron chi connectivity index (χ4n) is 3.44. The van der Waals surface area contributed by atoms with Crippen LogP contribution in [0.2, 0.25) is 0 Å². The van der Waals surface area contributed by atoms with Gasteiger partial charge in [-0.2, -0.15) is 0 Å². The Labute approximate surface area is 184 Å². The zero-order valence-electron chi connectivity index (χ0n) is 17.4. The van der Waals surface area contributed by atoms with E-state index in [-0.39, 0.29) is 10.1 Å². The van der Waals surface area contributed by atoms with Gasteiger partial charge in [-0.25, -0.2) is 13.1 Å². The molecule has 29 heavy (non-hydrogen) atoms. The minimum absolute atomic E-state index is 0.126. The summed E-state index contributed by atoms with van der Waals surface area (Å²) in [5.74, 6) is 2.21. The van der Waals surface area contributed by atoms with E-state index >= 15 is 0 Å². The van der Waals surface area contributed by atoms with Gasteiger partial charge in [0.25, 0.3) is 0 Å². The Morgan fingerprint density at radius 3 is 2.07 bits per heavy atom. The molecule has 0 radical (unpaired) electrons. The summed E-state index contributed by atoms with van der Waals surface area (Å²) in [5.41, 5.74) is 2.44. The number of sulfonamides is 1. The van der Waals surface area contributed by atoms with Crippen LogP contribution in [-0.2, 0) is 20.5 Å². The molecule has 1 atom stereocenters. The Morgan fingerprint density at radius 2 is 1.52 bits per heavy atom. The predicted molar refractivity (Wildman–Crippen MR) is 128 cm³/mol. The molecule has 1 aliphatic heterocycles. The Morgan fingerprint density at radius 1 is 0.966 bits per heavy atom. The van der Waals surface area contributed by atoms with Gasteiger partial charge in [0.05, 0.1) is 8.83 Å². The summed E-state index contributed by atoms with van der Waals surface area (Å²) in [7, 11) is -3.45. The maximum atomic E-state index is 13.0. The van der Waals surface area contributed by atoms with E-state index in [0.29, 0.717) is 6.42 Å². The Balaban J connectivity index is 1.93. The van der Waals surface area contributed by atoms with Crippen LogP contribution in [0.15, 0.2) is 60.7 Å². The molecule has 2 aromatic rings. The van der Waals surface area contributed by atoms with Crippen LogP contribution in [-0.4, -0.2) is 30.7 Å². The molecule has 1 N–H and O–H groups in total. The molecule has 158 valence electrons. The van der Waals surface area contributed by atoms with Crippen LogP contribution in [0.1, 0.15) is 44.7 Å². The number of hydrogen-bond donors (Lipinski definition) is 1. The van der Waals surface area contributed by atoms with Gasteiger partial charge in [0, 0.05) is 6.04 Å². The standard InChI is InChI=1S/C23H31NO2S3/c1-22(2,3)29(25,26)24-21(17-19-11-6-4-7-12-19)18-23(27-15-10-16-28-23)20-13-8-5-9-14-20/h4-9,11-14,21,24H,10,15-18H2,1-3H3/t21-/m1/s1. The van der Waals surface area contributed by atoms with E-state index in [4.69, 9.17) is 0 Å². The lowest BCUT2D eigenvalue weighted by Crippen LogP contribution is -2.47. The van der Waals surface area contributed by atoms with E-state index in [9.17, 15) is 8.42 Å². The highest BCUT2D eigenvalue weighted by Crippen LogP contribution is 2.53. The Hall–Kier alpha value is -0.950. The van der Waals surface area contributed by atoms with Crippen LogP contribution in [0.3, 0.4) is 0 Å². The SMILES string of the molecule is CC(C)(C)S(=O)(=O)N[C@H](Cc1ccccc1)CC1(c2ccccc2)SCCCS1. The normalized spacial score (nSPS) is 18.3. The highest BCUT2D eigenvalue weighted by Gasteiger charge is 2.40. The maximum Gasteiger partial charge on any atom is 0.216 e. The van der Waals surface area contributed by atoms with E-state index in [1.807, 2.05) is 47.8 Å². The average Bonchev–Trinajstić information content (AvgIpc) is 2.69. The third-order valence-corrected chi connectivity index (χ3v) is 10.8. The van der Waals surface area contributed by atoms with Crippen molar-refractivity contribution < 1.29 is 8.42 Å². The van der Waals surface area contributed by atoms with Crippen molar-refractivity contribution in [3.63, 3.8) is 0 Å². The third kappa shape index (κ3) is 5.81. The summed E-state index contributed by atoms with van der Waals surface area (Å²) < 4.78 is 28.1. The molecule has 0 spiro atoms. The second-order valence-electron chi connectivity index (χ2n) is 8.49. The van der Waals surface area contributed by atoms with Crippen LogP contribution in [0.25, 0.3) is 0 Å². The first-order valence-electron chi connectivity index (χ1n) is 10.1. The monoisotopic (exact) mass is 449 g/mol. The zero-order chi connectivity index (χ0) is 21.0. The molecule has 2 aromatic carbocycles. The minimum Gasteiger partial charge on any atom is -0.212 e. The van der Waals surface area contributed by atoms with E-state index in [1.165, 1.54) is 12.0 Å². The number of hydrogen-bond acceptors (Lipinski definition) is 4. The summed E-state index contributed by atoms with van der Waals surface area (Å²) in [6, 6.07) is 20.6. The molecule has 1 saturated heterocycles. The molecular weight excluding hydrogens is 418 g/mol. The molecule has 0 aliphatic carbocycles. The maximum absolute atomic E-state index is 13.0. The second kappa shape index (κ2) is 9.46. The molecule has 1 heterocycles. The van der Waals surface area contributed by atoms with Crippen molar-refractivity contribution in [1.82, 2.24) is 4.72 Å². The van der Waals surface area contributed by atoms with Crippen LogP contribution in [0.5, 0.6) is 0 Å². The van der Waals surface area contributed by atoms with Crippen molar-refractivity contribution in [3.8, 4) is 0 Å². The molecule has 0 bridgehead atoms. The molecule has 1 fully saturated rings. The summed E-state index contributed by atoms with van der Waals surface area (Å²) in [5, 5.41) is 0. The Kier molecular flexibility index (Phi) is 7.41. The van der Waals surface area contributed by atoms with E-state index in [1.54, 1.807) is 20.8 Å². The fraction of sp³-hybridized carbons (Fsp3) is 0.478. The molecule has 0 saturated carbocycles. The number of rotatable bonds is 7. The van der Waals surface area contributed by atoms with E-state index < -0.39 is 14.8 Å². The molecule has 0 unspecified atom stereocenters. The summed E-state index contributed by atoms with van der Waals surface area (Å²) >= 11 is 3.93. The van der Waals surface area contributed by atoms with Gasteiger partial charge >= 0.3 is 0 Å². The summed E-state index contributed by atoms with van der Waals surface area (Å²) in [4.78, 5) is 0. The van der Waals surface area contributed by atoms with Crippen molar-refractivity contribution in [2.24, 2.45) is 0 Å². The first-order chi connectivity index (χ1) is 13.7.